The highest BCUT2D eigenvalue weighted by atomic mass is 16.5. The second-order valence-corrected chi connectivity index (χ2v) is 3.52. The van der Waals surface area contributed by atoms with Crippen molar-refractivity contribution in [3.05, 3.63) is 0 Å². The van der Waals surface area contributed by atoms with E-state index in [9.17, 15) is 14.4 Å². The van der Waals surface area contributed by atoms with Crippen LogP contribution in [0, 0.1) is 12.3 Å². The van der Waals surface area contributed by atoms with Gasteiger partial charge in [-0.25, -0.2) is 9.59 Å². The van der Waals surface area contributed by atoms with E-state index in [0.29, 0.717) is 0 Å². The maximum atomic E-state index is 11.5. The van der Waals surface area contributed by atoms with Gasteiger partial charge in [-0.2, -0.15) is 0 Å². The van der Waals surface area contributed by atoms with E-state index < -0.39 is 24.0 Å². The third kappa shape index (κ3) is 5.75. The van der Waals surface area contributed by atoms with Crippen molar-refractivity contribution >= 4 is 18.0 Å². The molecule has 0 bridgehead atoms. The van der Waals surface area contributed by atoms with Gasteiger partial charge in [0.2, 0.25) is 0 Å². The number of urea groups is 1. The van der Waals surface area contributed by atoms with Crippen LogP contribution in [0.2, 0.25) is 0 Å². The highest BCUT2D eigenvalue weighted by Gasteiger charge is 2.22. The number of esters is 1. The molecule has 0 spiro atoms. The second kappa shape index (κ2) is 7.95. The van der Waals surface area contributed by atoms with Crippen LogP contribution in [0.5, 0.6) is 0 Å². The third-order valence-corrected chi connectivity index (χ3v) is 2.14. The predicted molar refractivity (Wildman–Crippen MR) is 62.7 cm³/mol. The summed E-state index contributed by atoms with van der Waals surface area (Å²) in [6, 6.07) is -1.76. The largest absolute Gasteiger partial charge is 0.480 e. The number of hydrogen-bond donors (Lipinski definition) is 2. The molecule has 0 rings (SSSR count). The molecule has 0 saturated carbocycles. The average Bonchev–Trinajstić information content (AvgIpc) is 2.33. The quantitative estimate of drug-likeness (QED) is 0.501. The molecule has 7 heteroatoms. The number of nitrogens with zero attached hydrogens (tertiary/aromatic N) is 1. The lowest BCUT2D eigenvalue weighted by Crippen LogP contribution is -2.46. The number of carboxylic acids is 1. The van der Waals surface area contributed by atoms with E-state index in [4.69, 9.17) is 11.5 Å². The van der Waals surface area contributed by atoms with Gasteiger partial charge in [-0.15, -0.1) is 6.42 Å². The van der Waals surface area contributed by atoms with Gasteiger partial charge in [-0.1, -0.05) is 5.92 Å². The van der Waals surface area contributed by atoms with E-state index in [2.05, 4.69) is 16.0 Å². The predicted octanol–water partition coefficient (Wildman–Crippen LogP) is -0.333. The molecular weight excluding hydrogens is 240 g/mol. The standard InChI is InChI=1S/C11H16N2O5/c1-4-7-13(2)11(17)12-8(10(15)16)5-6-9(14)18-3/h1,8H,5-7H2,2-3H3,(H,12,17)(H,15,16)/t8-/m1/s1. The van der Waals surface area contributed by atoms with Crippen LogP contribution in [0.15, 0.2) is 0 Å². The smallest absolute Gasteiger partial charge is 0.326 e. The van der Waals surface area contributed by atoms with Crippen LogP contribution in [0.1, 0.15) is 12.8 Å². The van der Waals surface area contributed by atoms with Gasteiger partial charge < -0.3 is 20.1 Å². The molecule has 2 N–H and O–H groups in total. The first kappa shape index (κ1) is 15.8. The lowest BCUT2D eigenvalue weighted by atomic mass is 10.1. The van der Waals surface area contributed by atoms with Gasteiger partial charge in [0, 0.05) is 13.5 Å². The lowest BCUT2D eigenvalue weighted by molar-refractivity contribution is -0.142. The highest BCUT2D eigenvalue weighted by molar-refractivity contribution is 5.83. The summed E-state index contributed by atoms with van der Waals surface area (Å²) in [6.07, 6.45) is 4.89. The van der Waals surface area contributed by atoms with Crippen molar-refractivity contribution < 1.29 is 24.2 Å². The summed E-state index contributed by atoms with van der Waals surface area (Å²) >= 11 is 0. The minimum atomic E-state index is -1.22. The molecule has 0 aromatic rings. The molecule has 1 atom stereocenters. The summed E-state index contributed by atoms with van der Waals surface area (Å²) in [5, 5.41) is 11.2. The van der Waals surface area contributed by atoms with Gasteiger partial charge in [0.05, 0.1) is 13.7 Å². The van der Waals surface area contributed by atoms with Crippen molar-refractivity contribution in [1.82, 2.24) is 10.2 Å². The van der Waals surface area contributed by atoms with E-state index in [-0.39, 0.29) is 19.4 Å². The number of carboxylic acid groups (broad SMARTS) is 1. The Bertz CT molecular complexity index is 361. The van der Waals surface area contributed by atoms with Crippen molar-refractivity contribution in [3.63, 3.8) is 0 Å². The van der Waals surface area contributed by atoms with E-state index >= 15 is 0 Å². The van der Waals surface area contributed by atoms with Gasteiger partial charge in [0.25, 0.3) is 0 Å². The third-order valence-electron chi connectivity index (χ3n) is 2.14. The summed E-state index contributed by atoms with van der Waals surface area (Å²) < 4.78 is 4.39. The maximum Gasteiger partial charge on any atom is 0.326 e. The number of rotatable bonds is 6. The number of methoxy groups -OCH3 is 1. The molecule has 0 aliphatic carbocycles. The van der Waals surface area contributed by atoms with Crippen LogP contribution >= 0.6 is 0 Å². The number of amides is 2. The number of carbonyl (C=O) groups is 3. The summed E-state index contributed by atoms with van der Waals surface area (Å²) in [4.78, 5) is 34.4. The van der Waals surface area contributed by atoms with Crippen LogP contribution < -0.4 is 5.32 Å². The molecule has 100 valence electrons. The number of carbonyl (C=O) groups excluding carboxylic acids is 2. The summed E-state index contributed by atoms with van der Waals surface area (Å²) in [7, 11) is 2.64. The minimum absolute atomic E-state index is 0.0440. The van der Waals surface area contributed by atoms with Crippen molar-refractivity contribution in [1.29, 1.82) is 0 Å². The zero-order chi connectivity index (χ0) is 14.1. The Morgan fingerprint density at radius 1 is 1.50 bits per heavy atom. The molecule has 18 heavy (non-hydrogen) atoms. The fourth-order valence-corrected chi connectivity index (χ4v) is 1.09. The molecule has 2 amide bonds. The van der Waals surface area contributed by atoms with Crippen LogP contribution in [-0.4, -0.2) is 54.7 Å². The maximum absolute atomic E-state index is 11.5. The molecule has 0 unspecified atom stereocenters. The highest BCUT2D eigenvalue weighted by Crippen LogP contribution is 2.00. The first-order valence-electron chi connectivity index (χ1n) is 5.17. The van der Waals surface area contributed by atoms with Crippen LogP contribution in [0.4, 0.5) is 4.79 Å². The Kier molecular flexibility index (Phi) is 6.96. The van der Waals surface area contributed by atoms with Crippen LogP contribution in [0.25, 0.3) is 0 Å². The first-order valence-corrected chi connectivity index (χ1v) is 5.17. The summed E-state index contributed by atoms with van der Waals surface area (Å²) in [6.45, 7) is 0.0647. The zero-order valence-electron chi connectivity index (χ0n) is 10.3. The molecule has 7 nitrogen and oxygen atoms in total. The number of nitrogens with one attached hydrogen (secondary N) is 1. The Hall–Kier alpha value is -2.23. The molecule has 0 heterocycles. The number of ether oxygens (including phenoxy) is 1. The summed E-state index contributed by atoms with van der Waals surface area (Å²) in [5.41, 5.74) is 0. The Morgan fingerprint density at radius 2 is 2.11 bits per heavy atom. The van der Waals surface area contributed by atoms with Gasteiger partial charge >= 0.3 is 18.0 Å². The van der Waals surface area contributed by atoms with Crippen LogP contribution in [0.3, 0.4) is 0 Å². The molecule has 0 aromatic heterocycles. The Morgan fingerprint density at radius 3 is 2.56 bits per heavy atom. The Balaban J connectivity index is 4.36. The van der Waals surface area contributed by atoms with E-state index in [1.165, 1.54) is 14.2 Å². The SMILES string of the molecule is C#CCN(C)C(=O)N[C@H](CCC(=O)OC)C(=O)O. The number of terminal acetylenes is 1. The monoisotopic (exact) mass is 256 g/mol. The van der Waals surface area contributed by atoms with Crippen molar-refractivity contribution in [2.24, 2.45) is 0 Å². The molecule has 0 aliphatic rings. The molecule has 0 radical (unpaired) electrons. The Labute approximate surface area is 105 Å². The number of aliphatic carboxylic acids is 1. The van der Waals surface area contributed by atoms with Crippen molar-refractivity contribution in [2.45, 2.75) is 18.9 Å². The normalized spacial score (nSPS) is 10.9. The van der Waals surface area contributed by atoms with Gasteiger partial charge in [0.1, 0.15) is 6.04 Å². The zero-order valence-corrected chi connectivity index (χ0v) is 10.3. The lowest BCUT2D eigenvalue weighted by Gasteiger charge is -2.19. The van der Waals surface area contributed by atoms with Crippen molar-refractivity contribution in [3.8, 4) is 12.3 Å². The fourth-order valence-electron chi connectivity index (χ4n) is 1.09. The molecule has 0 aromatic carbocycles. The van der Waals surface area contributed by atoms with Gasteiger partial charge in [-0.05, 0) is 6.42 Å². The summed E-state index contributed by atoms with van der Waals surface area (Å²) in [5.74, 6) is 0.498. The molecule has 0 aliphatic heterocycles. The topological polar surface area (TPSA) is 95.9 Å². The van der Waals surface area contributed by atoms with E-state index in [1.807, 2.05) is 0 Å². The van der Waals surface area contributed by atoms with E-state index in [1.54, 1.807) is 0 Å². The number of hydrogen-bond acceptors (Lipinski definition) is 4. The van der Waals surface area contributed by atoms with Gasteiger partial charge in [-0.3, -0.25) is 4.79 Å². The second-order valence-electron chi connectivity index (χ2n) is 3.52. The van der Waals surface area contributed by atoms with Crippen LogP contribution in [-0.2, 0) is 14.3 Å². The molecule has 0 saturated heterocycles. The molecular formula is C11H16N2O5. The van der Waals surface area contributed by atoms with Crippen molar-refractivity contribution in [2.75, 3.05) is 20.7 Å². The molecule has 0 fully saturated rings. The minimum Gasteiger partial charge on any atom is -0.480 e. The average molecular weight is 256 g/mol. The fraction of sp³-hybridized carbons (Fsp3) is 0.545. The first-order chi connectivity index (χ1) is 8.42. The van der Waals surface area contributed by atoms with E-state index in [0.717, 1.165) is 4.90 Å². The van der Waals surface area contributed by atoms with Gasteiger partial charge in [0.15, 0.2) is 0 Å².